The Kier molecular flexibility index (Phi) is 70.0. The van der Waals surface area contributed by atoms with Crippen LogP contribution in [0.5, 0.6) is 0 Å². The Balaban J connectivity index is -0.0000000559. The summed E-state index contributed by atoms with van der Waals surface area (Å²) in [5, 5.41) is 0. The van der Waals surface area contributed by atoms with Gasteiger partial charge < -0.3 is 29.4 Å². The predicted octanol–water partition coefficient (Wildman–Crippen LogP) is 7.70. The van der Waals surface area contributed by atoms with Gasteiger partial charge in [-0.2, -0.15) is 0 Å². The molecule has 8 nitrogen and oxygen atoms in total. The molecule has 0 amide bonds. The van der Waals surface area contributed by atoms with Crippen molar-refractivity contribution in [3.63, 3.8) is 0 Å². The first kappa shape index (κ1) is 51.3. The molecule has 2 aromatic carbocycles. The van der Waals surface area contributed by atoms with Crippen molar-refractivity contribution in [2.75, 3.05) is 0 Å². The third kappa shape index (κ3) is 363. The Morgan fingerprint density at radius 1 is 0.459 bits per heavy atom. The van der Waals surface area contributed by atoms with E-state index in [2.05, 4.69) is 40.2 Å². The van der Waals surface area contributed by atoms with Crippen molar-refractivity contribution < 1.29 is 38.5 Å². The Hall–Kier alpha value is -2.38. The lowest BCUT2D eigenvalue weighted by Crippen LogP contribution is -1.66. The minimum atomic E-state index is -4.64. The largest absolute Gasteiger partial charge is 0.466 e. The molecule has 0 heterocycles. The maximum atomic E-state index is 8.88. The Labute approximate surface area is 225 Å². The van der Waals surface area contributed by atoms with Crippen LogP contribution >= 0.6 is 15.6 Å². The van der Waals surface area contributed by atoms with Gasteiger partial charge in [0.1, 0.15) is 0 Å². The van der Waals surface area contributed by atoms with Crippen LogP contribution in [0, 0.1) is 0 Å². The molecule has 0 atom stereocenters. The zero-order valence-electron chi connectivity index (χ0n) is 23.2. The molecule has 0 radical (unpaired) electrons. The Morgan fingerprint density at radius 3 is 0.514 bits per heavy atom. The van der Waals surface area contributed by atoms with Crippen molar-refractivity contribution in [3.8, 4) is 0 Å². The summed E-state index contributed by atoms with van der Waals surface area (Å²) in [4.78, 5) is 43.1. The number of rotatable bonds is 0. The summed E-state index contributed by atoms with van der Waals surface area (Å²) in [5.74, 6) is 0. The molecule has 0 unspecified atom stereocenters. The Bertz CT molecular complexity index is 583. The lowest BCUT2D eigenvalue weighted by Gasteiger charge is -1.82. The normalized spacial score (nSPS) is 7.68. The van der Waals surface area contributed by atoms with E-state index in [0.29, 0.717) is 0 Å². The number of benzene rings is 2. The van der Waals surface area contributed by atoms with Gasteiger partial charge in [0, 0.05) is 0 Å². The highest BCUT2D eigenvalue weighted by atomic mass is 31.2. The Morgan fingerprint density at radius 2 is 0.486 bits per heavy atom. The fourth-order valence-corrected chi connectivity index (χ4v) is 0.770. The van der Waals surface area contributed by atoms with Gasteiger partial charge in [-0.05, 0) is 27.7 Å². The maximum Gasteiger partial charge on any atom is 0.466 e. The van der Waals surface area contributed by atoms with Gasteiger partial charge in [-0.15, -0.1) is 26.3 Å². The molecule has 216 valence electrons. The van der Waals surface area contributed by atoms with Gasteiger partial charge in [-0.25, -0.2) is 9.13 Å². The average Bonchev–Trinajstić information content (AvgIpc) is 2.77. The van der Waals surface area contributed by atoms with Crippen LogP contribution in [0.2, 0.25) is 0 Å². The van der Waals surface area contributed by atoms with Crippen molar-refractivity contribution >= 4 is 15.6 Å². The third-order valence-electron chi connectivity index (χ3n) is 1.33. The van der Waals surface area contributed by atoms with Gasteiger partial charge in [0.25, 0.3) is 0 Å². The molecule has 10 heteroatoms. The fraction of sp³-hybridized carbons (Fsp3) is 0.259. The van der Waals surface area contributed by atoms with E-state index in [1.54, 1.807) is 24.3 Å². The van der Waals surface area contributed by atoms with E-state index < -0.39 is 15.6 Å². The van der Waals surface area contributed by atoms with Gasteiger partial charge in [0.15, 0.2) is 0 Å². The predicted molar refractivity (Wildman–Crippen MR) is 161 cm³/mol. The van der Waals surface area contributed by atoms with Gasteiger partial charge in [0.2, 0.25) is 0 Å². The van der Waals surface area contributed by atoms with E-state index in [9.17, 15) is 0 Å². The molecule has 0 fully saturated rings. The lowest BCUT2D eigenvalue weighted by atomic mass is 10.4. The average molecular weight is 565 g/mol. The molecule has 0 aliphatic rings. The summed E-state index contributed by atoms with van der Waals surface area (Å²) in [6, 6.07) is 24.0. The standard InChI is InChI=1S/2C6H6.C3H8.4C3H6.2H3O4P/c2*1-2-4-6-5-3-1;5*1-3-2;2*1-5(2,3)4/h2*1-6H;3H2,1-2H3;4*3H,1H2,2H3;2*(H3,1,2,3,4). The second kappa shape index (κ2) is 50.5. The highest BCUT2D eigenvalue weighted by Crippen LogP contribution is 2.26. The van der Waals surface area contributed by atoms with Crippen molar-refractivity contribution in [2.45, 2.75) is 48.0 Å². The minimum absolute atomic E-state index is 1.25. The molecule has 37 heavy (non-hydrogen) atoms. The van der Waals surface area contributed by atoms with E-state index in [1.807, 2.05) is 100 Å². The number of hydrogen-bond donors (Lipinski definition) is 6. The first-order valence-electron chi connectivity index (χ1n) is 10.9. The summed E-state index contributed by atoms with van der Waals surface area (Å²) in [6.07, 6.45) is 8.25. The molecule has 0 aliphatic heterocycles. The van der Waals surface area contributed by atoms with Crippen molar-refractivity contribution in [1.82, 2.24) is 0 Å². The molecular weight excluding hydrogens is 514 g/mol. The van der Waals surface area contributed by atoms with E-state index in [-0.39, 0.29) is 0 Å². The van der Waals surface area contributed by atoms with Gasteiger partial charge in [0.05, 0.1) is 0 Å². The molecule has 0 aliphatic carbocycles. The molecule has 0 saturated heterocycles. The molecular formula is C27H50O8P2. The van der Waals surface area contributed by atoms with Crippen LogP contribution in [-0.2, 0) is 9.13 Å². The highest BCUT2D eigenvalue weighted by Gasteiger charge is 2.00. The summed E-state index contributed by atoms with van der Waals surface area (Å²) in [7, 11) is -9.28. The second-order valence-electron chi connectivity index (χ2n) is 5.68. The minimum Gasteiger partial charge on any atom is -0.303 e. The molecule has 2 aromatic rings. The summed E-state index contributed by atoms with van der Waals surface area (Å²) in [6.45, 7) is 25.2. The summed E-state index contributed by atoms with van der Waals surface area (Å²) >= 11 is 0. The first-order valence-corrected chi connectivity index (χ1v) is 14.1. The van der Waals surface area contributed by atoms with Gasteiger partial charge in [-0.1, -0.05) is 117 Å². The van der Waals surface area contributed by atoms with Crippen molar-refractivity contribution in [3.05, 3.63) is 123 Å². The van der Waals surface area contributed by atoms with Crippen molar-refractivity contribution in [2.24, 2.45) is 0 Å². The SMILES string of the molecule is C=CC.C=CC.C=CC.C=CC.CCC.O=P(O)(O)O.O=P(O)(O)O.c1ccccc1.c1ccccc1. The number of phosphoric acid groups is 2. The van der Waals surface area contributed by atoms with Gasteiger partial charge in [-0.3, -0.25) is 0 Å². The van der Waals surface area contributed by atoms with Crippen LogP contribution in [0.1, 0.15) is 48.0 Å². The zero-order chi connectivity index (χ0) is 31.0. The molecule has 6 N–H and O–H groups in total. The van der Waals surface area contributed by atoms with E-state index in [1.165, 1.54) is 6.42 Å². The quantitative estimate of drug-likeness (QED) is 0.140. The molecule has 0 aromatic heterocycles. The maximum absolute atomic E-state index is 8.88. The molecule has 2 rings (SSSR count). The molecule has 0 saturated carbocycles. The van der Waals surface area contributed by atoms with Crippen LogP contribution in [-0.4, -0.2) is 29.4 Å². The molecule has 0 spiro atoms. The number of allylic oxidation sites excluding steroid dienone is 4. The first-order chi connectivity index (χ1) is 17.1. The lowest BCUT2D eigenvalue weighted by molar-refractivity contribution is 0.272. The van der Waals surface area contributed by atoms with Crippen LogP contribution in [0.25, 0.3) is 0 Å². The molecule has 0 bridgehead atoms. The van der Waals surface area contributed by atoms with Crippen LogP contribution in [0.4, 0.5) is 0 Å². The summed E-state index contributed by atoms with van der Waals surface area (Å²) in [5.41, 5.74) is 0. The van der Waals surface area contributed by atoms with E-state index in [0.717, 1.165) is 0 Å². The van der Waals surface area contributed by atoms with Crippen LogP contribution < -0.4 is 0 Å². The summed E-state index contributed by atoms with van der Waals surface area (Å²) < 4.78 is 17.8. The van der Waals surface area contributed by atoms with E-state index in [4.69, 9.17) is 38.5 Å². The third-order valence-corrected chi connectivity index (χ3v) is 1.33. The fourth-order valence-electron chi connectivity index (χ4n) is 0.770. The van der Waals surface area contributed by atoms with E-state index >= 15 is 0 Å². The smallest absolute Gasteiger partial charge is 0.303 e. The zero-order valence-corrected chi connectivity index (χ0v) is 25.0. The number of hydrogen-bond acceptors (Lipinski definition) is 2. The van der Waals surface area contributed by atoms with Crippen LogP contribution in [0.15, 0.2) is 123 Å². The van der Waals surface area contributed by atoms with Crippen LogP contribution in [0.3, 0.4) is 0 Å². The highest BCUT2D eigenvalue weighted by molar-refractivity contribution is 7.45. The van der Waals surface area contributed by atoms with Gasteiger partial charge >= 0.3 is 15.6 Å². The van der Waals surface area contributed by atoms with Crippen molar-refractivity contribution in [1.29, 1.82) is 0 Å². The monoisotopic (exact) mass is 564 g/mol. The topological polar surface area (TPSA) is 156 Å². The second-order valence-corrected chi connectivity index (χ2v) is 7.73.